The van der Waals surface area contributed by atoms with E-state index in [2.05, 4.69) is 0 Å². The summed E-state index contributed by atoms with van der Waals surface area (Å²) in [5, 5.41) is 0. The van der Waals surface area contributed by atoms with Crippen molar-refractivity contribution in [1.82, 2.24) is 4.90 Å². The Bertz CT molecular complexity index is 900. The van der Waals surface area contributed by atoms with Crippen molar-refractivity contribution in [1.29, 1.82) is 0 Å². The normalized spacial score (nSPS) is 18.6. The first-order valence-corrected chi connectivity index (χ1v) is 8.13. The Labute approximate surface area is 152 Å². The fourth-order valence-electron chi connectivity index (χ4n) is 2.63. The van der Waals surface area contributed by atoms with Gasteiger partial charge in [0.05, 0.1) is 16.9 Å². The van der Waals surface area contributed by atoms with Crippen molar-refractivity contribution in [2.45, 2.75) is 22.4 Å². The van der Waals surface area contributed by atoms with Gasteiger partial charge in [0.15, 0.2) is 0 Å². The monoisotopic (exact) mass is 358 g/mol. The molecule has 1 aliphatic rings. The molecule has 1 aliphatic heterocycles. The number of benzene rings is 2. The van der Waals surface area contributed by atoms with Crippen molar-refractivity contribution >= 4 is 23.1 Å². The van der Waals surface area contributed by atoms with Crippen molar-refractivity contribution < 1.29 is 21.4 Å². The van der Waals surface area contributed by atoms with Crippen molar-refractivity contribution in [3.8, 4) is 0 Å². The smallest absolute Gasteiger partial charge is 0.340 e. The van der Waals surface area contributed by atoms with Crippen LogP contribution >= 0.6 is 11.8 Å². The van der Waals surface area contributed by atoms with Crippen LogP contribution in [0.1, 0.15) is 20.2 Å². The van der Waals surface area contributed by atoms with E-state index in [-0.39, 0.29) is 19.5 Å². The average molecular weight is 358 g/mol. The second-order valence-corrected chi connectivity index (χ2v) is 6.49. The SMILES string of the molecule is [2H]C([2H])([2H])N(CCCN1c2ccccc2Sc2ccc(C(F)(F)F)cc21)C([2H])([2H])[2H]. The van der Waals surface area contributed by atoms with E-state index in [0.29, 0.717) is 21.2 Å². The van der Waals surface area contributed by atoms with Crippen LogP contribution in [-0.4, -0.2) is 31.9 Å². The fraction of sp³-hybridized carbons (Fsp3) is 0.333. The predicted molar refractivity (Wildman–Crippen MR) is 92.2 cm³/mol. The van der Waals surface area contributed by atoms with Crippen LogP contribution in [0.25, 0.3) is 0 Å². The molecule has 0 atom stereocenters. The molecule has 0 bridgehead atoms. The number of fused-ring (bicyclic) bond motifs is 2. The second-order valence-electron chi connectivity index (χ2n) is 5.41. The van der Waals surface area contributed by atoms with Crippen LogP contribution in [-0.2, 0) is 6.18 Å². The van der Waals surface area contributed by atoms with Gasteiger partial charge in [-0.15, -0.1) is 0 Å². The highest BCUT2D eigenvalue weighted by atomic mass is 32.2. The number of alkyl halides is 3. The van der Waals surface area contributed by atoms with Gasteiger partial charge in [-0.05, 0) is 57.2 Å². The van der Waals surface area contributed by atoms with Crippen molar-refractivity contribution in [3.05, 3.63) is 48.0 Å². The summed E-state index contributed by atoms with van der Waals surface area (Å²) in [6.07, 6.45) is -4.37. The van der Waals surface area contributed by atoms with E-state index in [4.69, 9.17) is 8.22 Å². The molecule has 1 heterocycles. The first-order chi connectivity index (χ1) is 13.8. The lowest BCUT2D eigenvalue weighted by Crippen LogP contribution is -2.25. The maximum atomic E-state index is 13.2. The molecule has 3 rings (SSSR count). The second kappa shape index (κ2) is 6.69. The number of para-hydroxylation sites is 1. The third-order valence-electron chi connectivity index (χ3n) is 3.72. The summed E-state index contributed by atoms with van der Waals surface area (Å²) < 4.78 is 84.5. The molecule has 0 spiro atoms. The van der Waals surface area contributed by atoms with Crippen LogP contribution in [0.15, 0.2) is 52.3 Å². The number of hydrogen-bond donors (Lipinski definition) is 0. The molecule has 0 unspecified atom stereocenters. The molecule has 0 saturated carbocycles. The lowest BCUT2D eigenvalue weighted by Gasteiger charge is -2.33. The van der Waals surface area contributed by atoms with Gasteiger partial charge in [0, 0.05) is 24.6 Å². The highest BCUT2D eigenvalue weighted by Gasteiger charge is 2.33. The lowest BCUT2D eigenvalue weighted by molar-refractivity contribution is -0.137. The molecule has 2 nitrogen and oxygen atoms in total. The van der Waals surface area contributed by atoms with Crippen LogP contribution in [0.4, 0.5) is 24.5 Å². The van der Waals surface area contributed by atoms with E-state index in [9.17, 15) is 13.2 Å². The summed E-state index contributed by atoms with van der Waals surface area (Å²) in [7, 11) is 0. The first-order valence-electron chi connectivity index (χ1n) is 10.3. The van der Waals surface area contributed by atoms with Crippen molar-refractivity contribution in [2.75, 3.05) is 31.9 Å². The zero-order valence-corrected chi connectivity index (χ0v) is 13.4. The molecular weight excluding hydrogens is 333 g/mol. The molecule has 2 aromatic carbocycles. The first kappa shape index (κ1) is 11.1. The van der Waals surface area contributed by atoms with Gasteiger partial charge in [0.25, 0.3) is 0 Å². The Balaban J connectivity index is 1.90. The van der Waals surface area contributed by atoms with Gasteiger partial charge in [0.2, 0.25) is 0 Å². The third-order valence-corrected chi connectivity index (χ3v) is 4.85. The summed E-state index contributed by atoms with van der Waals surface area (Å²) in [5.41, 5.74) is 0.282. The Morgan fingerprint density at radius 3 is 2.58 bits per heavy atom. The Morgan fingerprint density at radius 1 is 1.08 bits per heavy atom. The molecule has 128 valence electrons. The Kier molecular flexibility index (Phi) is 3.08. The summed E-state index contributed by atoms with van der Waals surface area (Å²) in [6.45, 7) is -5.70. The van der Waals surface area contributed by atoms with Gasteiger partial charge in [0.1, 0.15) is 0 Å². The maximum Gasteiger partial charge on any atom is 0.416 e. The number of anilines is 2. The highest BCUT2D eigenvalue weighted by molar-refractivity contribution is 7.99. The van der Waals surface area contributed by atoms with E-state index < -0.39 is 25.7 Å². The lowest BCUT2D eigenvalue weighted by atomic mass is 10.1. The topological polar surface area (TPSA) is 6.48 Å². The molecule has 0 saturated heterocycles. The molecule has 0 radical (unpaired) electrons. The van der Waals surface area contributed by atoms with Crippen LogP contribution in [0.2, 0.25) is 0 Å². The Hall–Kier alpha value is -1.66. The minimum atomic E-state index is -4.50. The van der Waals surface area contributed by atoms with Gasteiger partial charge >= 0.3 is 6.18 Å². The zero-order chi connectivity index (χ0) is 22.3. The van der Waals surface area contributed by atoms with Gasteiger partial charge in [-0.3, -0.25) is 0 Å². The number of halogens is 3. The van der Waals surface area contributed by atoms with Crippen molar-refractivity contribution in [3.63, 3.8) is 0 Å². The predicted octanol–water partition coefficient (Wildman–Crippen LogP) is 5.26. The van der Waals surface area contributed by atoms with Crippen LogP contribution < -0.4 is 4.90 Å². The van der Waals surface area contributed by atoms with Gasteiger partial charge in [-0.1, -0.05) is 23.9 Å². The van der Waals surface area contributed by atoms with Crippen LogP contribution in [0.5, 0.6) is 0 Å². The largest absolute Gasteiger partial charge is 0.416 e. The molecule has 6 heteroatoms. The quantitative estimate of drug-likeness (QED) is 0.736. The number of rotatable bonds is 4. The third kappa shape index (κ3) is 3.54. The molecule has 0 amide bonds. The molecule has 0 fully saturated rings. The van der Waals surface area contributed by atoms with E-state index in [1.54, 1.807) is 17.0 Å². The molecule has 0 aliphatic carbocycles. The van der Waals surface area contributed by atoms with E-state index >= 15 is 0 Å². The maximum absolute atomic E-state index is 13.2. The van der Waals surface area contributed by atoms with Crippen molar-refractivity contribution in [2.24, 2.45) is 0 Å². The van der Waals surface area contributed by atoms with Gasteiger partial charge in [-0.25, -0.2) is 0 Å². The van der Waals surface area contributed by atoms with Gasteiger partial charge in [-0.2, -0.15) is 13.2 Å². The summed E-state index contributed by atoms with van der Waals surface area (Å²) in [4.78, 5) is 3.64. The molecule has 24 heavy (non-hydrogen) atoms. The van der Waals surface area contributed by atoms with Gasteiger partial charge < -0.3 is 9.80 Å². The molecule has 2 aromatic rings. The van der Waals surface area contributed by atoms with E-state index in [0.717, 1.165) is 17.0 Å². The minimum Gasteiger partial charge on any atom is -0.340 e. The van der Waals surface area contributed by atoms with Crippen LogP contribution in [0, 0.1) is 0 Å². The number of hydrogen-bond acceptors (Lipinski definition) is 3. The molecule has 0 aromatic heterocycles. The summed E-state index contributed by atoms with van der Waals surface area (Å²) in [5.74, 6) is 0. The highest BCUT2D eigenvalue weighted by Crippen LogP contribution is 2.49. The van der Waals surface area contributed by atoms with E-state index in [1.165, 1.54) is 17.8 Å². The molecular formula is C18H19F3N2S. The summed E-state index contributed by atoms with van der Waals surface area (Å²) >= 11 is 1.35. The van der Waals surface area contributed by atoms with E-state index in [1.807, 2.05) is 12.1 Å². The fourth-order valence-corrected chi connectivity index (χ4v) is 3.71. The summed E-state index contributed by atoms with van der Waals surface area (Å²) in [6, 6.07) is 10.7. The zero-order valence-electron chi connectivity index (χ0n) is 18.6. The van der Waals surface area contributed by atoms with Crippen LogP contribution in [0.3, 0.4) is 0 Å². The standard InChI is InChI=1S/C18H19F3N2S/c1-22(2)10-5-11-23-14-6-3-4-7-16(14)24-17-9-8-13(12-15(17)23)18(19,20)21/h3-4,6-9,12H,5,10-11H2,1-2H3/i1D3,2D3. The average Bonchev–Trinajstić information content (AvgIpc) is 2.61. The Morgan fingerprint density at radius 2 is 1.83 bits per heavy atom. The molecule has 0 N–H and O–H groups in total. The minimum absolute atomic E-state index is 0.130. The number of nitrogens with zero attached hydrogens (tertiary/aromatic N) is 2.